The highest BCUT2D eigenvalue weighted by atomic mass is 16.3. The molecule has 4 aromatic heterocycles. The van der Waals surface area contributed by atoms with E-state index in [1.54, 1.807) is 0 Å². The van der Waals surface area contributed by atoms with Crippen molar-refractivity contribution >= 4 is 65.7 Å². The number of hydrogen-bond acceptors (Lipinski definition) is 5. The van der Waals surface area contributed by atoms with E-state index < -0.39 is 0 Å². The van der Waals surface area contributed by atoms with Crippen molar-refractivity contribution in [2.45, 2.75) is 0 Å². The minimum absolute atomic E-state index is 0.574. The van der Waals surface area contributed by atoms with Gasteiger partial charge in [0, 0.05) is 60.8 Å². The topological polar surface area (TPSA) is 69.9 Å². The van der Waals surface area contributed by atoms with Crippen LogP contribution in [0.1, 0.15) is 0 Å². The Morgan fingerprint density at radius 3 is 1.77 bits per heavy atom. The molecule has 57 heavy (non-hydrogen) atoms. The van der Waals surface area contributed by atoms with Crippen LogP contribution in [-0.2, 0) is 0 Å². The molecule has 0 amide bonds. The van der Waals surface area contributed by atoms with Gasteiger partial charge in [-0.2, -0.15) is 0 Å². The Bertz CT molecular complexity index is 3510. The minimum Gasteiger partial charge on any atom is -0.456 e. The lowest BCUT2D eigenvalue weighted by Gasteiger charge is -2.10. The first kappa shape index (κ1) is 31.5. The second-order valence-corrected chi connectivity index (χ2v) is 14.4. The number of fused-ring (bicyclic) bond motifs is 9. The Labute approximate surface area is 325 Å². The second-order valence-electron chi connectivity index (χ2n) is 14.4. The van der Waals surface area contributed by atoms with Gasteiger partial charge in [-0.1, -0.05) is 121 Å². The summed E-state index contributed by atoms with van der Waals surface area (Å²) in [6, 6.07) is 62.7. The highest BCUT2D eigenvalue weighted by Crippen LogP contribution is 2.40. The van der Waals surface area contributed by atoms with Crippen molar-refractivity contribution in [1.29, 1.82) is 0 Å². The molecule has 0 saturated carbocycles. The maximum Gasteiger partial charge on any atom is 0.164 e. The molecule has 12 aromatic rings. The summed E-state index contributed by atoms with van der Waals surface area (Å²) in [5.41, 5.74) is 11.5. The van der Waals surface area contributed by atoms with Gasteiger partial charge in [-0.3, -0.25) is 0 Å². The summed E-state index contributed by atoms with van der Waals surface area (Å²) in [5, 5.41) is 6.39. The SMILES string of the molecule is c1ccc(-c2ccc(-c3nc(-c4ccc5oc6cc7c(cc6c5c4)c4ccccc4n7-c4ccccc4)nc(-c4cccc5oc6ccccc6c45)n3)cc2)cc1. The smallest absolute Gasteiger partial charge is 0.164 e. The van der Waals surface area contributed by atoms with Crippen molar-refractivity contribution in [3.63, 3.8) is 0 Å². The van der Waals surface area contributed by atoms with Gasteiger partial charge in [0.05, 0.1) is 11.0 Å². The maximum atomic E-state index is 6.58. The Hall–Kier alpha value is -7.83. The maximum absolute atomic E-state index is 6.58. The molecule has 4 heterocycles. The molecule has 0 fully saturated rings. The van der Waals surface area contributed by atoms with Gasteiger partial charge in [-0.25, -0.2) is 15.0 Å². The first-order chi connectivity index (χ1) is 28.2. The fourth-order valence-corrected chi connectivity index (χ4v) is 8.39. The van der Waals surface area contributed by atoms with Gasteiger partial charge in [0.15, 0.2) is 17.5 Å². The van der Waals surface area contributed by atoms with Crippen LogP contribution in [0, 0.1) is 0 Å². The zero-order chi connectivity index (χ0) is 37.5. The molecule has 0 aliphatic rings. The number of hydrogen-bond donors (Lipinski definition) is 0. The number of nitrogens with zero attached hydrogens (tertiary/aromatic N) is 4. The Morgan fingerprint density at radius 2 is 0.930 bits per heavy atom. The Balaban J connectivity index is 1.06. The lowest BCUT2D eigenvalue weighted by atomic mass is 10.0. The lowest BCUT2D eigenvalue weighted by Crippen LogP contribution is -2.00. The molecule has 0 radical (unpaired) electrons. The average molecular weight is 731 g/mol. The summed E-state index contributed by atoms with van der Waals surface area (Å²) >= 11 is 0. The predicted molar refractivity (Wildman–Crippen MR) is 230 cm³/mol. The van der Waals surface area contributed by atoms with Gasteiger partial charge in [0.25, 0.3) is 0 Å². The molecule has 0 N–H and O–H groups in total. The van der Waals surface area contributed by atoms with E-state index in [2.05, 4.69) is 132 Å². The van der Waals surface area contributed by atoms with Crippen molar-refractivity contribution in [3.8, 4) is 51.0 Å². The van der Waals surface area contributed by atoms with Crippen LogP contribution in [0.25, 0.3) is 117 Å². The lowest BCUT2D eigenvalue weighted by molar-refractivity contribution is 0.668. The molecule has 8 aromatic carbocycles. The molecule has 0 saturated heterocycles. The number of aromatic nitrogens is 4. The molecule has 12 rings (SSSR count). The van der Waals surface area contributed by atoms with Crippen molar-refractivity contribution in [1.82, 2.24) is 19.5 Å². The summed E-state index contributed by atoms with van der Waals surface area (Å²) in [7, 11) is 0. The monoisotopic (exact) mass is 730 g/mol. The molecule has 0 bridgehead atoms. The molecule has 6 heteroatoms. The van der Waals surface area contributed by atoms with Gasteiger partial charge < -0.3 is 13.4 Å². The molecule has 0 aliphatic carbocycles. The molecular weight excluding hydrogens is 701 g/mol. The van der Waals surface area contributed by atoms with Crippen LogP contribution < -0.4 is 0 Å². The summed E-state index contributed by atoms with van der Waals surface area (Å²) in [6.45, 7) is 0. The molecule has 266 valence electrons. The van der Waals surface area contributed by atoms with E-state index in [1.807, 2.05) is 54.6 Å². The fourth-order valence-electron chi connectivity index (χ4n) is 8.39. The highest BCUT2D eigenvalue weighted by Gasteiger charge is 2.20. The van der Waals surface area contributed by atoms with Gasteiger partial charge in [-0.15, -0.1) is 0 Å². The third kappa shape index (κ3) is 5.01. The largest absolute Gasteiger partial charge is 0.456 e. The van der Waals surface area contributed by atoms with Crippen molar-refractivity contribution in [2.24, 2.45) is 0 Å². The summed E-state index contributed by atoms with van der Waals surface area (Å²) in [6.07, 6.45) is 0. The number of furan rings is 2. The van der Waals surface area contributed by atoms with E-state index in [1.165, 1.54) is 10.8 Å². The van der Waals surface area contributed by atoms with Crippen molar-refractivity contribution in [3.05, 3.63) is 182 Å². The Kier molecular flexibility index (Phi) is 6.83. The Morgan fingerprint density at radius 1 is 0.333 bits per heavy atom. The third-order valence-corrected chi connectivity index (χ3v) is 11.1. The average Bonchev–Trinajstić information content (AvgIpc) is 3.95. The quantitative estimate of drug-likeness (QED) is 0.176. The predicted octanol–water partition coefficient (Wildman–Crippen LogP) is 13.4. The van der Waals surface area contributed by atoms with Gasteiger partial charge >= 0.3 is 0 Å². The number of benzene rings is 8. The number of rotatable bonds is 5. The van der Waals surface area contributed by atoms with Crippen LogP contribution in [0.2, 0.25) is 0 Å². The van der Waals surface area contributed by atoms with Crippen LogP contribution in [0.5, 0.6) is 0 Å². The van der Waals surface area contributed by atoms with Crippen LogP contribution in [0.4, 0.5) is 0 Å². The van der Waals surface area contributed by atoms with E-state index in [9.17, 15) is 0 Å². The summed E-state index contributed by atoms with van der Waals surface area (Å²) < 4.78 is 15.2. The second kappa shape index (κ2) is 12.3. The molecule has 0 aliphatic heterocycles. The van der Waals surface area contributed by atoms with E-state index in [0.717, 1.165) is 88.4 Å². The normalized spacial score (nSPS) is 11.9. The first-order valence-corrected chi connectivity index (χ1v) is 19.0. The van der Waals surface area contributed by atoms with Crippen molar-refractivity contribution < 1.29 is 8.83 Å². The number of para-hydroxylation sites is 3. The molecule has 0 spiro atoms. The van der Waals surface area contributed by atoms with Crippen molar-refractivity contribution in [2.75, 3.05) is 0 Å². The minimum atomic E-state index is 0.574. The van der Waals surface area contributed by atoms with E-state index in [0.29, 0.717) is 17.5 Å². The van der Waals surface area contributed by atoms with Gasteiger partial charge in [0.2, 0.25) is 0 Å². The molecule has 0 unspecified atom stereocenters. The van der Waals surface area contributed by atoms with E-state index in [4.69, 9.17) is 23.8 Å². The molecular formula is C51H30N4O2. The molecule has 0 atom stereocenters. The highest BCUT2D eigenvalue weighted by molar-refractivity contribution is 6.18. The first-order valence-electron chi connectivity index (χ1n) is 19.0. The zero-order valence-electron chi connectivity index (χ0n) is 30.4. The fraction of sp³-hybridized carbons (Fsp3) is 0. The third-order valence-electron chi connectivity index (χ3n) is 11.1. The van der Waals surface area contributed by atoms with Gasteiger partial charge in [-0.05, 0) is 65.7 Å². The van der Waals surface area contributed by atoms with E-state index >= 15 is 0 Å². The van der Waals surface area contributed by atoms with Crippen LogP contribution >= 0.6 is 0 Å². The standard InChI is InChI=1S/C51H30N4O2/c1-3-12-31(13-4-1)32-22-24-33(25-23-32)49-52-50(54-51(53-49)38-18-11-21-46-48(38)37-17-8-10-20-44(37)56-46)34-26-27-45-40(28-34)41-29-39-36-16-7-9-19-42(36)55(35-14-5-2-6-15-35)43(39)30-47(41)57-45/h1-30H. The summed E-state index contributed by atoms with van der Waals surface area (Å²) in [4.78, 5) is 15.5. The van der Waals surface area contributed by atoms with E-state index in [-0.39, 0.29) is 0 Å². The van der Waals surface area contributed by atoms with Crippen LogP contribution in [-0.4, -0.2) is 19.5 Å². The zero-order valence-corrected chi connectivity index (χ0v) is 30.4. The van der Waals surface area contributed by atoms with Gasteiger partial charge in [0.1, 0.15) is 22.3 Å². The molecule has 6 nitrogen and oxygen atoms in total. The summed E-state index contributed by atoms with van der Waals surface area (Å²) in [5.74, 6) is 1.74. The van der Waals surface area contributed by atoms with Crippen LogP contribution in [0.3, 0.4) is 0 Å². The van der Waals surface area contributed by atoms with Crippen LogP contribution in [0.15, 0.2) is 191 Å².